The van der Waals surface area contributed by atoms with E-state index in [2.05, 4.69) is 44.3 Å². The molecule has 0 aromatic heterocycles. The minimum atomic E-state index is 0.308. The van der Waals surface area contributed by atoms with Crippen molar-refractivity contribution >= 4 is 0 Å². The van der Waals surface area contributed by atoms with Crippen LogP contribution in [0.1, 0.15) is 37.4 Å². The summed E-state index contributed by atoms with van der Waals surface area (Å²) in [7, 11) is 0. The molecule has 0 saturated carbocycles. The maximum atomic E-state index is 5.90. The van der Waals surface area contributed by atoms with Gasteiger partial charge in [-0.2, -0.15) is 0 Å². The zero-order chi connectivity index (χ0) is 10.8. The van der Waals surface area contributed by atoms with Crippen molar-refractivity contribution in [1.82, 2.24) is 5.32 Å². The maximum Gasteiger partial charge on any atom is 0.127 e. The first kappa shape index (κ1) is 10.5. The molecule has 0 aliphatic carbocycles. The number of para-hydroxylation sites is 1. The number of hydrogen-bond donors (Lipinski definition) is 1. The number of hydrogen-bond acceptors (Lipinski definition) is 2. The Hall–Kier alpha value is -1.02. The molecular formula is C13H19NO. The second kappa shape index (κ2) is 4.23. The van der Waals surface area contributed by atoms with E-state index in [4.69, 9.17) is 4.74 Å². The van der Waals surface area contributed by atoms with Gasteiger partial charge >= 0.3 is 0 Å². The highest BCUT2D eigenvalue weighted by Crippen LogP contribution is 2.36. The molecule has 15 heavy (non-hydrogen) atoms. The molecule has 82 valence electrons. The maximum absolute atomic E-state index is 5.90. The van der Waals surface area contributed by atoms with Crippen molar-refractivity contribution in [3.63, 3.8) is 0 Å². The Morgan fingerprint density at radius 1 is 1.47 bits per heavy atom. The summed E-state index contributed by atoms with van der Waals surface area (Å²) in [6, 6.07) is 6.84. The third kappa shape index (κ3) is 2.00. The van der Waals surface area contributed by atoms with Gasteiger partial charge in [0.05, 0.1) is 6.10 Å². The summed E-state index contributed by atoms with van der Waals surface area (Å²) in [5.74, 6) is 1.09. The molecule has 0 bridgehead atoms. The van der Waals surface area contributed by atoms with Crippen LogP contribution in [0.15, 0.2) is 18.2 Å². The lowest BCUT2D eigenvalue weighted by molar-refractivity contribution is 0.166. The van der Waals surface area contributed by atoms with Crippen LogP contribution in [0.4, 0.5) is 0 Å². The van der Waals surface area contributed by atoms with Gasteiger partial charge < -0.3 is 10.1 Å². The standard InChI is InChI=1S/C13H19NO/c1-4-14-12-8-10(3)15-13-9(2)6-5-7-11(12)13/h5-7,10,12,14H,4,8H2,1-3H3. The zero-order valence-electron chi connectivity index (χ0n) is 9.71. The quantitative estimate of drug-likeness (QED) is 0.801. The predicted molar refractivity (Wildman–Crippen MR) is 62.3 cm³/mol. The molecular weight excluding hydrogens is 186 g/mol. The Morgan fingerprint density at radius 2 is 2.27 bits per heavy atom. The van der Waals surface area contributed by atoms with Crippen molar-refractivity contribution in [3.8, 4) is 5.75 Å². The normalized spacial score (nSPS) is 24.5. The van der Waals surface area contributed by atoms with E-state index in [1.165, 1.54) is 11.1 Å². The van der Waals surface area contributed by atoms with E-state index in [-0.39, 0.29) is 0 Å². The largest absolute Gasteiger partial charge is 0.490 e. The van der Waals surface area contributed by atoms with E-state index < -0.39 is 0 Å². The number of nitrogens with one attached hydrogen (secondary N) is 1. The van der Waals surface area contributed by atoms with Gasteiger partial charge in [0, 0.05) is 18.0 Å². The van der Waals surface area contributed by atoms with Gasteiger partial charge in [-0.05, 0) is 26.0 Å². The fourth-order valence-corrected chi connectivity index (χ4v) is 2.26. The Kier molecular flexibility index (Phi) is 2.96. The molecule has 0 fully saturated rings. The van der Waals surface area contributed by atoms with Crippen LogP contribution >= 0.6 is 0 Å². The van der Waals surface area contributed by atoms with Crippen LogP contribution in [-0.4, -0.2) is 12.6 Å². The van der Waals surface area contributed by atoms with Gasteiger partial charge in [0.1, 0.15) is 5.75 Å². The third-order valence-corrected chi connectivity index (χ3v) is 2.95. The highest BCUT2D eigenvalue weighted by molar-refractivity contribution is 5.44. The summed E-state index contributed by atoms with van der Waals surface area (Å²) in [6.45, 7) is 7.40. The summed E-state index contributed by atoms with van der Waals surface area (Å²) in [5.41, 5.74) is 2.55. The summed E-state index contributed by atoms with van der Waals surface area (Å²) < 4.78 is 5.90. The van der Waals surface area contributed by atoms with E-state index in [0.717, 1.165) is 18.7 Å². The average molecular weight is 205 g/mol. The summed E-state index contributed by atoms with van der Waals surface area (Å²) in [4.78, 5) is 0. The molecule has 0 saturated heterocycles. The number of ether oxygens (including phenoxy) is 1. The molecule has 1 aliphatic rings. The van der Waals surface area contributed by atoms with Gasteiger partial charge in [-0.15, -0.1) is 0 Å². The Labute approximate surface area is 91.6 Å². The monoisotopic (exact) mass is 205 g/mol. The summed E-state index contributed by atoms with van der Waals surface area (Å²) in [6.07, 6.45) is 1.37. The fraction of sp³-hybridized carbons (Fsp3) is 0.538. The van der Waals surface area contributed by atoms with Gasteiger partial charge in [-0.25, -0.2) is 0 Å². The minimum Gasteiger partial charge on any atom is -0.490 e. The average Bonchev–Trinajstić information content (AvgIpc) is 2.20. The van der Waals surface area contributed by atoms with Crippen LogP contribution in [0.3, 0.4) is 0 Å². The first-order valence-corrected chi connectivity index (χ1v) is 5.72. The molecule has 2 unspecified atom stereocenters. The predicted octanol–water partition coefficient (Wildman–Crippen LogP) is 2.82. The van der Waals surface area contributed by atoms with Crippen molar-refractivity contribution in [3.05, 3.63) is 29.3 Å². The van der Waals surface area contributed by atoms with Gasteiger partial charge in [0.25, 0.3) is 0 Å². The number of aryl methyl sites for hydroxylation is 1. The van der Waals surface area contributed by atoms with Crippen LogP contribution in [-0.2, 0) is 0 Å². The summed E-state index contributed by atoms with van der Waals surface area (Å²) >= 11 is 0. The van der Waals surface area contributed by atoms with Gasteiger partial charge in [-0.3, -0.25) is 0 Å². The first-order valence-electron chi connectivity index (χ1n) is 5.72. The van der Waals surface area contributed by atoms with E-state index in [9.17, 15) is 0 Å². The first-order chi connectivity index (χ1) is 7.22. The van der Waals surface area contributed by atoms with E-state index in [1.807, 2.05) is 0 Å². The lowest BCUT2D eigenvalue weighted by atomic mass is 9.95. The SMILES string of the molecule is CCNC1CC(C)Oc2c(C)cccc21. The van der Waals surface area contributed by atoms with Crippen LogP contribution in [0, 0.1) is 6.92 Å². The fourth-order valence-electron chi connectivity index (χ4n) is 2.26. The molecule has 2 heteroatoms. The van der Waals surface area contributed by atoms with E-state index in [1.54, 1.807) is 0 Å². The molecule has 0 radical (unpaired) electrons. The van der Waals surface area contributed by atoms with Crippen LogP contribution in [0.5, 0.6) is 5.75 Å². The molecule has 2 atom stereocenters. The molecule has 1 aliphatic heterocycles. The van der Waals surface area contributed by atoms with Crippen molar-refractivity contribution in [1.29, 1.82) is 0 Å². The lowest BCUT2D eigenvalue weighted by Gasteiger charge is -2.31. The number of benzene rings is 1. The molecule has 1 heterocycles. The molecule has 2 nitrogen and oxygen atoms in total. The molecule has 1 N–H and O–H groups in total. The van der Waals surface area contributed by atoms with Crippen LogP contribution in [0.25, 0.3) is 0 Å². The van der Waals surface area contributed by atoms with Gasteiger partial charge in [0.15, 0.2) is 0 Å². The topological polar surface area (TPSA) is 21.3 Å². The lowest BCUT2D eigenvalue weighted by Crippen LogP contribution is -2.31. The Bertz CT molecular complexity index is 348. The molecule has 1 aromatic rings. The van der Waals surface area contributed by atoms with Gasteiger partial charge in [0.2, 0.25) is 0 Å². The van der Waals surface area contributed by atoms with Crippen molar-refractivity contribution < 1.29 is 4.74 Å². The van der Waals surface area contributed by atoms with Crippen LogP contribution < -0.4 is 10.1 Å². The van der Waals surface area contributed by atoms with Gasteiger partial charge in [-0.1, -0.05) is 25.1 Å². The second-order valence-electron chi connectivity index (χ2n) is 4.27. The minimum absolute atomic E-state index is 0.308. The summed E-state index contributed by atoms with van der Waals surface area (Å²) in [5, 5.41) is 3.52. The zero-order valence-corrected chi connectivity index (χ0v) is 9.71. The molecule has 1 aromatic carbocycles. The second-order valence-corrected chi connectivity index (χ2v) is 4.27. The molecule has 2 rings (SSSR count). The Morgan fingerprint density at radius 3 is 3.00 bits per heavy atom. The van der Waals surface area contributed by atoms with Crippen LogP contribution in [0.2, 0.25) is 0 Å². The Balaban J connectivity index is 2.37. The van der Waals surface area contributed by atoms with Crippen molar-refractivity contribution in [2.45, 2.75) is 39.3 Å². The molecule has 0 amide bonds. The van der Waals surface area contributed by atoms with Crippen molar-refractivity contribution in [2.24, 2.45) is 0 Å². The highest BCUT2D eigenvalue weighted by atomic mass is 16.5. The highest BCUT2D eigenvalue weighted by Gasteiger charge is 2.25. The smallest absolute Gasteiger partial charge is 0.127 e. The number of fused-ring (bicyclic) bond motifs is 1. The van der Waals surface area contributed by atoms with E-state index in [0.29, 0.717) is 12.1 Å². The third-order valence-electron chi connectivity index (χ3n) is 2.95. The van der Waals surface area contributed by atoms with Crippen molar-refractivity contribution in [2.75, 3.05) is 6.54 Å². The van der Waals surface area contributed by atoms with E-state index >= 15 is 0 Å². The molecule has 0 spiro atoms. The number of rotatable bonds is 2.